The van der Waals surface area contributed by atoms with Gasteiger partial charge >= 0.3 is 0 Å². The van der Waals surface area contributed by atoms with E-state index in [1.807, 2.05) is 0 Å². The molecular weight excluding hydrogens is 194 g/mol. The molecule has 0 aliphatic heterocycles. The second kappa shape index (κ2) is 5.53. The zero-order chi connectivity index (χ0) is 12.3. The summed E-state index contributed by atoms with van der Waals surface area (Å²) in [6.45, 7) is 14.2. The van der Waals surface area contributed by atoms with Crippen LogP contribution in [0.4, 0.5) is 0 Å². The van der Waals surface area contributed by atoms with Gasteiger partial charge in [-0.3, -0.25) is 0 Å². The lowest BCUT2D eigenvalue weighted by atomic mass is 9.91. The third kappa shape index (κ3) is 4.45. The van der Waals surface area contributed by atoms with Gasteiger partial charge in [0.05, 0.1) is 0 Å². The van der Waals surface area contributed by atoms with Crippen LogP contribution >= 0.6 is 0 Å². The van der Waals surface area contributed by atoms with Crippen molar-refractivity contribution >= 4 is 0 Å². The Balaban J connectivity index is 2.31. The van der Waals surface area contributed by atoms with Crippen molar-refractivity contribution in [1.82, 2.24) is 5.32 Å². The molecule has 0 aromatic rings. The molecule has 0 aromatic heterocycles. The fourth-order valence-electron chi connectivity index (χ4n) is 3.15. The maximum absolute atomic E-state index is 3.84. The molecule has 0 bridgehead atoms. The van der Waals surface area contributed by atoms with Crippen LogP contribution in [0.1, 0.15) is 67.2 Å². The smallest absolute Gasteiger partial charge is 0.0100 e. The molecule has 0 spiro atoms. The van der Waals surface area contributed by atoms with Gasteiger partial charge in [0.25, 0.3) is 0 Å². The molecule has 1 aliphatic carbocycles. The van der Waals surface area contributed by atoms with Crippen LogP contribution in [-0.2, 0) is 0 Å². The summed E-state index contributed by atoms with van der Waals surface area (Å²) in [5.41, 5.74) is 0.550. The second-order valence-corrected chi connectivity index (χ2v) is 7.20. The second-order valence-electron chi connectivity index (χ2n) is 7.20. The quantitative estimate of drug-likeness (QED) is 0.738. The lowest BCUT2D eigenvalue weighted by Crippen LogP contribution is -2.38. The minimum absolute atomic E-state index is 0.550. The third-order valence-electron chi connectivity index (χ3n) is 4.01. The van der Waals surface area contributed by atoms with E-state index in [-0.39, 0.29) is 0 Å². The first kappa shape index (κ1) is 14.0. The first-order valence-corrected chi connectivity index (χ1v) is 7.06. The Hall–Kier alpha value is -0.0400. The Bertz CT molecular complexity index is 207. The molecule has 0 amide bonds. The Kier molecular flexibility index (Phi) is 4.85. The van der Waals surface area contributed by atoms with Crippen molar-refractivity contribution in [2.45, 2.75) is 79.3 Å². The van der Waals surface area contributed by atoms with E-state index in [0.29, 0.717) is 11.5 Å². The zero-order valence-electron chi connectivity index (χ0n) is 12.1. The van der Waals surface area contributed by atoms with Gasteiger partial charge in [-0.05, 0) is 49.9 Å². The van der Waals surface area contributed by atoms with E-state index in [0.717, 1.165) is 17.9 Å². The van der Waals surface area contributed by atoms with Gasteiger partial charge in [-0.15, -0.1) is 0 Å². The predicted molar refractivity (Wildman–Crippen MR) is 72.6 cm³/mol. The Morgan fingerprint density at radius 2 is 1.75 bits per heavy atom. The average molecular weight is 225 g/mol. The highest BCUT2D eigenvalue weighted by Gasteiger charge is 2.36. The van der Waals surface area contributed by atoms with Gasteiger partial charge in [0.2, 0.25) is 0 Å². The highest BCUT2D eigenvalue weighted by Crippen LogP contribution is 2.41. The molecule has 0 saturated heterocycles. The molecule has 16 heavy (non-hydrogen) atoms. The summed E-state index contributed by atoms with van der Waals surface area (Å²) in [5, 5.41) is 3.84. The lowest BCUT2D eigenvalue weighted by Gasteiger charge is -2.24. The fraction of sp³-hybridized carbons (Fsp3) is 1.00. The van der Waals surface area contributed by atoms with Crippen LogP contribution in [0.2, 0.25) is 0 Å². The van der Waals surface area contributed by atoms with E-state index >= 15 is 0 Å². The van der Waals surface area contributed by atoms with Crippen molar-refractivity contribution in [3.8, 4) is 0 Å². The van der Waals surface area contributed by atoms with Crippen molar-refractivity contribution in [3.05, 3.63) is 0 Å². The molecule has 1 aliphatic rings. The minimum atomic E-state index is 0.550. The van der Waals surface area contributed by atoms with Crippen molar-refractivity contribution < 1.29 is 0 Å². The standard InChI is InChI=1S/C15H31N/c1-11(2)7-8-13(4)16-14-10-15(5,6)9-12(14)3/h11-14,16H,7-10H2,1-6H3. The Morgan fingerprint density at radius 1 is 1.12 bits per heavy atom. The molecule has 1 nitrogen and oxygen atoms in total. The molecule has 1 saturated carbocycles. The van der Waals surface area contributed by atoms with Gasteiger partial charge in [-0.25, -0.2) is 0 Å². The molecule has 0 heterocycles. The van der Waals surface area contributed by atoms with Gasteiger partial charge in [0.1, 0.15) is 0 Å². The maximum Gasteiger partial charge on any atom is 0.0100 e. The van der Waals surface area contributed by atoms with Gasteiger partial charge in [0.15, 0.2) is 0 Å². The number of rotatable bonds is 5. The molecule has 3 unspecified atom stereocenters. The topological polar surface area (TPSA) is 12.0 Å². The predicted octanol–water partition coefficient (Wildman–Crippen LogP) is 4.23. The van der Waals surface area contributed by atoms with E-state index < -0.39 is 0 Å². The molecule has 1 N–H and O–H groups in total. The first-order chi connectivity index (χ1) is 7.30. The molecule has 0 radical (unpaired) electrons. The third-order valence-corrected chi connectivity index (χ3v) is 4.01. The van der Waals surface area contributed by atoms with E-state index in [2.05, 4.69) is 46.9 Å². The van der Waals surface area contributed by atoms with Crippen LogP contribution in [0.15, 0.2) is 0 Å². The normalized spacial score (nSPS) is 30.9. The average Bonchev–Trinajstić information content (AvgIpc) is 2.36. The van der Waals surface area contributed by atoms with Crippen LogP contribution in [0.25, 0.3) is 0 Å². The Morgan fingerprint density at radius 3 is 2.19 bits per heavy atom. The van der Waals surface area contributed by atoms with E-state index in [4.69, 9.17) is 0 Å². The molecule has 0 aromatic carbocycles. The van der Waals surface area contributed by atoms with E-state index in [9.17, 15) is 0 Å². The molecule has 1 rings (SSSR count). The van der Waals surface area contributed by atoms with Crippen molar-refractivity contribution in [2.75, 3.05) is 0 Å². The highest BCUT2D eigenvalue weighted by atomic mass is 15.0. The SMILES string of the molecule is CC(C)CCC(C)NC1CC(C)(C)CC1C. The fourth-order valence-corrected chi connectivity index (χ4v) is 3.15. The van der Waals surface area contributed by atoms with Crippen molar-refractivity contribution in [1.29, 1.82) is 0 Å². The summed E-state index contributed by atoms with van der Waals surface area (Å²) in [6, 6.07) is 1.43. The summed E-state index contributed by atoms with van der Waals surface area (Å²) in [6.07, 6.45) is 5.39. The van der Waals surface area contributed by atoms with Crippen LogP contribution in [0, 0.1) is 17.3 Å². The molecule has 96 valence electrons. The summed E-state index contributed by atoms with van der Waals surface area (Å²) in [4.78, 5) is 0. The number of hydrogen-bond donors (Lipinski definition) is 1. The minimum Gasteiger partial charge on any atom is -0.311 e. The lowest BCUT2D eigenvalue weighted by molar-refractivity contribution is 0.343. The van der Waals surface area contributed by atoms with Crippen molar-refractivity contribution in [2.24, 2.45) is 17.3 Å². The zero-order valence-corrected chi connectivity index (χ0v) is 12.1. The number of nitrogens with one attached hydrogen (secondary N) is 1. The summed E-state index contributed by atoms with van der Waals surface area (Å²) in [5.74, 6) is 1.68. The van der Waals surface area contributed by atoms with Crippen LogP contribution < -0.4 is 5.32 Å². The van der Waals surface area contributed by atoms with Gasteiger partial charge in [-0.2, -0.15) is 0 Å². The molecule has 1 fully saturated rings. The highest BCUT2D eigenvalue weighted by molar-refractivity contribution is 4.92. The monoisotopic (exact) mass is 225 g/mol. The van der Waals surface area contributed by atoms with E-state index in [1.165, 1.54) is 25.7 Å². The molecule has 1 heteroatoms. The van der Waals surface area contributed by atoms with Crippen LogP contribution in [0.5, 0.6) is 0 Å². The number of hydrogen-bond acceptors (Lipinski definition) is 1. The maximum atomic E-state index is 3.84. The van der Waals surface area contributed by atoms with E-state index in [1.54, 1.807) is 0 Å². The summed E-state index contributed by atoms with van der Waals surface area (Å²) in [7, 11) is 0. The largest absolute Gasteiger partial charge is 0.311 e. The summed E-state index contributed by atoms with van der Waals surface area (Å²) < 4.78 is 0. The summed E-state index contributed by atoms with van der Waals surface area (Å²) >= 11 is 0. The first-order valence-electron chi connectivity index (χ1n) is 7.06. The Labute approximate surface area is 102 Å². The van der Waals surface area contributed by atoms with Gasteiger partial charge < -0.3 is 5.32 Å². The van der Waals surface area contributed by atoms with Crippen LogP contribution in [0.3, 0.4) is 0 Å². The molecular formula is C15H31N. The van der Waals surface area contributed by atoms with Gasteiger partial charge in [-0.1, -0.05) is 34.6 Å². The molecule has 3 atom stereocenters. The van der Waals surface area contributed by atoms with Crippen LogP contribution in [-0.4, -0.2) is 12.1 Å². The van der Waals surface area contributed by atoms with Gasteiger partial charge in [0, 0.05) is 12.1 Å². The van der Waals surface area contributed by atoms with Crippen molar-refractivity contribution in [3.63, 3.8) is 0 Å².